The third kappa shape index (κ3) is 3.15. The largest absolute Gasteiger partial charge is 0.359 e. The first-order chi connectivity index (χ1) is 6.84. The maximum absolute atomic E-state index is 4.95. The van der Waals surface area contributed by atoms with E-state index in [1.807, 2.05) is 23.5 Å². The van der Waals surface area contributed by atoms with Crippen molar-refractivity contribution >= 4 is 52.2 Å². The third-order valence-electron chi connectivity index (χ3n) is 1.80. The number of nitrogens with one attached hydrogen (secondary N) is 2. The van der Waals surface area contributed by atoms with Gasteiger partial charge in [-0.3, -0.25) is 5.10 Å². The maximum Gasteiger partial charge on any atom is 0.204 e. The second-order valence-electron chi connectivity index (χ2n) is 2.87. The lowest BCUT2D eigenvalue weighted by atomic mass is 10.5. The maximum atomic E-state index is 4.95. The predicted molar refractivity (Wildman–Crippen MR) is 69.4 cm³/mol. The molecule has 1 unspecified atom stereocenters. The van der Waals surface area contributed by atoms with E-state index in [-0.39, 0.29) is 0 Å². The van der Waals surface area contributed by atoms with Gasteiger partial charge in [0.15, 0.2) is 3.95 Å². The van der Waals surface area contributed by atoms with Crippen LogP contribution in [0.15, 0.2) is 0 Å². The van der Waals surface area contributed by atoms with E-state index >= 15 is 0 Å². The number of nitrogens with zero attached hydrogens (tertiary/aromatic N) is 1. The molecule has 1 fully saturated rings. The first-order valence-corrected chi connectivity index (χ1v) is 7.76. The Morgan fingerprint density at radius 2 is 2.50 bits per heavy atom. The standard InChI is InChI=1S/C7H11N3S4/c11-7-10-9-6(14-7)8-3-5-4-12-1-2-13-5/h5H,1-4H2,(H,8,9)(H,10,11). The van der Waals surface area contributed by atoms with E-state index in [0.29, 0.717) is 5.25 Å². The molecule has 0 spiro atoms. The van der Waals surface area contributed by atoms with E-state index in [4.69, 9.17) is 12.2 Å². The molecule has 1 aliphatic rings. The Kier molecular flexibility index (Phi) is 4.15. The molecule has 2 N–H and O–H groups in total. The van der Waals surface area contributed by atoms with Crippen LogP contribution in [0.1, 0.15) is 0 Å². The summed E-state index contributed by atoms with van der Waals surface area (Å²) >= 11 is 10.5. The van der Waals surface area contributed by atoms with Gasteiger partial charge < -0.3 is 5.32 Å². The summed E-state index contributed by atoms with van der Waals surface area (Å²) in [5.74, 6) is 3.81. The topological polar surface area (TPSA) is 40.7 Å². The minimum Gasteiger partial charge on any atom is -0.359 e. The van der Waals surface area contributed by atoms with E-state index < -0.39 is 0 Å². The second kappa shape index (κ2) is 5.39. The van der Waals surface area contributed by atoms with Gasteiger partial charge in [0, 0.05) is 29.1 Å². The van der Waals surface area contributed by atoms with Crippen LogP contribution in [0.5, 0.6) is 0 Å². The molecule has 0 aromatic carbocycles. The number of anilines is 1. The number of hydrogen-bond acceptors (Lipinski definition) is 6. The molecule has 2 heterocycles. The summed E-state index contributed by atoms with van der Waals surface area (Å²) in [5, 5.41) is 11.8. The van der Waals surface area contributed by atoms with Crippen LogP contribution in [-0.4, -0.2) is 39.3 Å². The molecule has 2 rings (SSSR count). The van der Waals surface area contributed by atoms with Crippen LogP contribution in [0.3, 0.4) is 0 Å². The van der Waals surface area contributed by atoms with Gasteiger partial charge in [-0.15, -0.1) is 5.10 Å². The number of H-pyrrole nitrogens is 1. The summed E-state index contributed by atoms with van der Waals surface area (Å²) in [6.45, 7) is 0.994. The minimum absolute atomic E-state index is 0.714. The van der Waals surface area contributed by atoms with Crippen LogP contribution in [0, 0.1) is 3.95 Å². The Balaban J connectivity index is 1.78. The average Bonchev–Trinajstić information content (AvgIpc) is 2.63. The molecule has 1 aromatic rings. The summed E-state index contributed by atoms with van der Waals surface area (Å²) in [5.41, 5.74) is 0. The molecule has 0 bridgehead atoms. The van der Waals surface area contributed by atoms with Gasteiger partial charge >= 0.3 is 0 Å². The monoisotopic (exact) mass is 265 g/mol. The molecule has 0 aliphatic carbocycles. The Morgan fingerprint density at radius 3 is 3.14 bits per heavy atom. The highest BCUT2D eigenvalue weighted by atomic mass is 32.2. The fraction of sp³-hybridized carbons (Fsp3) is 0.714. The van der Waals surface area contributed by atoms with Crippen molar-refractivity contribution in [3.63, 3.8) is 0 Å². The quantitative estimate of drug-likeness (QED) is 0.822. The number of aromatic nitrogens is 2. The third-order valence-corrected chi connectivity index (χ3v) is 5.70. The highest BCUT2D eigenvalue weighted by molar-refractivity contribution is 8.06. The van der Waals surface area contributed by atoms with Crippen molar-refractivity contribution < 1.29 is 0 Å². The van der Waals surface area contributed by atoms with E-state index in [1.54, 1.807) is 0 Å². The zero-order valence-corrected chi connectivity index (χ0v) is 10.8. The van der Waals surface area contributed by atoms with Gasteiger partial charge in [0.2, 0.25) is 5.13 Å². The number of hydrogen-bond donors (Lipinski definition) is 2. The molecule has 0 radical (unpaired) electrons. The van der Waals surface area contributed by atoms with E-state index in [9.17, 15) is 0 Å². The molecule has 1 saturated heterocycles. The highest BCUT2D eigenvalue weighted by Crippen LogP contribution is 2.24. The minimum atomic E-state index is 0.714. The molecular weight excluding hydrogens is 254 g/mol. The van der Waals surface area contributed by atoms with Gasteiger partial charge in [0.05, 0.1) is 0 Å². The average molecular weight is 265 g/mol. The SMILES string of the molecule is S=c1[nH]nc(NCC2CSCCS2)s1. The summed E-state index contributed by atoms with van der Waals surface area (Å²) in [6.07, 6.45) is 0. The fourth-order valence-corrected chi connectivity index (χ4v) is 4.57. The van der Waals surface area contributed by atoms with Gasteiger partial charge in [-0.25, -0.2) is 0 Å². The van der Waals surface area contributed by atoms with Gasteiger partial charge in [-0.1, -0.05) is 11.3 Å². The molecule has 1 aliphatic heterocycles. The molecule has 1 aromatic heterocycles. The molecule has 3 nitrogen and oxygen atoms in total. The number of thioether (sulfide) groups is 2. The number of aromatic amines is 1. The lowest BCUT2D eigenvalue weighted by molar-refractivity contribution is 0.982. The number of rotatable bonds is 3. The molecule has 14 heavy (non-hydrogen) atoms. The van der Waals surface area contributed by atoms with Crippen molar-refractivity contribution in [3.05, 3.63) is 3.95 Å². The molecule has 1 atom stereocenters. The smallest absolute Gasteiger partial charge is 0.204 e. The summed E-state index contributed by atoms with van der Waals surface area (Å²) < 4.78 is 0.734. The first kappa shape index (κ1) is 10.8. The zero-order chi connectivity index (χ0) is 9.80. The molecular formula is C7H11N3S4. The van der Waals surface area contributed by atoms with Crippen molar-refractivity contribution in [1.82, 2.24) is 10.2 Å². The van der Waals surface area contributed by atoms with Crippen molar-refractivity contribution in [2.75, 3.05) is 29.1 Å². The predicted octanol–water partition coefficient (Wildman–Crippen LogP) is 2.46. The first-order valence-electron chi connectivity index (χ1n) is 4.33. The Labute approximate surface area is 100 Å². The molecule has 78 valence electrons. The summed E-state index contributed by atoms with van der Waals surface area (Å²) in [4.78, 5) is 0. The lowest BCUT2D eigenvalue weighted by Gasteiger charge is -2.20. The lowest BCUT2D eigenvalue weighted by Crippen LogP contribution is -2.23. The molecule has 0 amide bonds. The van der Waals surface area contributed by atoms with Gasteiger partial charge in [-0.05, 0) is 12.2 Å². The van der Waals surface area contributed by atoms with E-state index in [2.05, 4.69) is 15.5 Å². The van der Waals surface area contributed by atoms with Crippen molar-refractivity contribution in [2.45, 2.75) is 5.25 Å². The van der Waals surface area contributed by atoms with Crippen LogP contribution in [-0.2, 0) is 0 Å². The van der Waals surface area contributed by atoms with Crippen LogP contribution in [0.2, 0.25) is 0 Å². The Hall–Kier alpha value is 0.280. The zero-order valence-electron chi connectivity index (χ0n) is 7.49. The van der Waals surface area contributed by atoms with E-state index in [1.165, 1.54) is 28.6 Å². The molecule has 7 heteroatoms. The summed E-state index contributed by atoms with van der Waals surface area (Å²) in [6, 6.07) is 0. The van der Waals surface area contributed by atoms with Crippen molar-refractivity contribution in [3.8, 4) is 0 Å². The van der Waals surface area contributed by atoms with Crippen LogP contribution < -0.4 is 5.32 Å². The molecule has 0 saturated carbocycles. The fourth-order valence-electron chi connectivity index (χ4n) is 1.16. The van der Waals surface area contributed by atoms with Crippen molar-refractivity contribution in [2.24, 2.45) is 0 Å². The van der Waals surface area contributed by atoms with Crippen LogP contribution in [0.4, 0.5) is 5.13 Å². The van der Waals surface area contributed by atoms with Gasteiger partial charge in [-0.2, -0.15) is 23.5 Å². The van der Waals surface area contributed by atoms with Gasteiger partial charge in [0.1, 0.15) is 0 Å². The second-order valence-corrected chi connectivity index (χ2v) is 7.09. The summed E-state index contributed by atoms with van der Waals surface area (Å²) in [7, 11) is 0. The van der Waals surface area contributed by atoms with Crippen LogP contribution >= 0.6 is 47.1 Å². The Morgan fingerprint density at radius 1 is 1.57 bits per heavy atom. The van der Waals surface area contributed by atoms with Gasteiger partial charge in [0.25, 0.3) is 0 Å². The van der Waals surface area contributed by atoms with E-state index in [0.717, 1.165) is 15.6 Å². The highest BCUT2D eigenvalue weighted by Gasteiger charge is 2.14. The Bertz CT molecular complexity index is 328. The normalized spacial score (nSPS) is 22.1. The van der Waals surface area contributed by atoms with Crippen molar-refractivity contribution in [1.29, 1.82) is 0 Å². The van der Waals surface area contributed by atoms with Crippen LogP contribution in [0.25, 0.3) is 0 Å².